The number of esters is 1. The number of carbonyl (C=O) groups excluding carboxylic acids is 2. The summed E-state index contributed by atoms with van der Waals surface area (Å²) < 4.78 is 4.72. The number of rotatable bonds is 5. The molecular formula is C18H25NO3. The summed E-state index contributed by atoms with van der Waals surface area (Å²) in [6.45, 7) is 0.436. The summed E-state index contributed by atoms with van der Waals surface area (Å²) in [5, 5.41) is 0. The molecule has 0 unspecified atom stereocenters. The second-order valence-electron chi connectivity index (χ2n) is 5.84. The lowest BCUT2D eigenvalue weighted by molar-refractivity contribution is -0.140. The molecule has 0 spiro atoms. The summed E-state index contributed by atoms with van der Waals surface area (Å²) in [6, 6.07) is 9.56. The van der Waals surface area contributed by atoms with Crippen molar-refractivity contribution in [1.29, 1.82) is 0 Å². The highest BCUT2D eigenvalue weighted by Crippen LogP contribution is 2.23. The van der Waals surface area contributed by atoms with Crippen LogP contribution in [-0.4, -0.2) is 36.5 Å². The molecule has 1 saturated carbocycles. The largest absolute Gasteiger partial charge is 0.469 e. The van der Waals surface area contributed by atoms with Crippen LogP contribution in [0.15, 0.2) is 30.3 Å². The van der Waals surface area contributed by atoms with Gasteiger partial charge in [0.05, 0.1) is 13.5 Å². The SMILES string of the molecule is COC(=O)CCN(C(=O)c1ccccc1)C1CCCCCC1. The van der Waals surface area contributed by atoms with Crippen LogP contribution >= 0.6 is 0 Å². The molecule has 2 rings (SSSR count). The Labute approximate surface area is 132 Å². The molecule has 1 fully saturated rings. The molecule has 0 N–H and O–H groups in total. The van der Waals surface area contributed by atoms with Crippen molar-refractivity contribution in [3.05, 3.63) is 35.9 Å². The maximum absolute atomic E-state index is 12.8. The summed E-state index contributed by atoms with van der Waals surface area (Å²) >= 11 is 0. The van der Waals surface area contributed by atoms with Crippen molar-refractivity contribution in [2.75, 3.05) is 13.7 Å². The van der Waals surface area contributed by atoms with Crippen LogP contribution in [0, 0.1) is 0 Å². The predicted molar refractivity (Wildman–Crippen MR) is 85.6 cm³/mol. The first kappa shape index (κ1) is 16.5. The van der Waals surface area contributed by atoms with Gasteiger partial charge in [-0.2, -0.15) is 0 Å². The van der Waals surface area contributed by atoms with E-state index in [-0.39, 0.29) is 24.3 Å². The van der Waals surface area contributed by atoms with Gasteiger partial charge in [0.15, 0.2) is 0 Å². The number of ether oxygens (including phenoxy) is 1. The van der Waals surface area contributed by atoms with Crippen molar-refractivity contribution in [2.24, 2.45) is 0 Å². The average Bonchev–Trinajstić information content (AvgIpc) is 2.84. The second kappa shape index (κ2) is 8.57. The first-order valence-corrected chi connectivity index (χ1v) is 8.15. The third kappa shape index (κ3) is 4.58. The number of hydrogen-bond donors (Lipinski definition) is 0. The standard InChI is InChI=1S/C18H25NO3/c1-22-17(20)13-14-19(16-11-7-2-3-8-12-16)18(21)15-9-5-4-6-10-15/h4-6,9-10,16H,2-3,7-8,11-14H2,1H3. The first-order valence-electron chi connectivity index (χ1n) is 8.15. The Balaban J connectivity index is 2.12. The Morgan fingerprint density at radius 3 is 2.32 bits per heavy atom. The quantitative estimate of drug-likeness (QED) is 0.618. The number of methoxy groups -OCH3 is 1. The van der Waals surface area contributed by atoms with Crippen molar-refractivity contribution >= 4 is 11.9 Å². The third-order valence-electron chi connectivity index (χ3n) is 4.33. The lowest BCUT2D eigenvalue weighted by Gasteiger charge is -2.31. The van der Waals surface area contributed by atoms with E-state index in [2.05, 4.69) is 0 Å². The molecule has 0 aliphatic heterocycles. The van der Waals surface area contributed by atoms with E-state index in [1.807, 2.05) is 35.2 Å². The molecule has 0 saturated heterocycles. The zero-order chi connectivity index (χ0) is 15.8. The van der Waals surface area contributed by atoms with Gasteiger partial charge in [-0.15, -0.1) is 0 Å². The van der Waals surface area contributed by atoms with Crippen LogP contribution in [0.4, 0.5) is 0 Å². The van der Waals surface area contributed by atoms with Crippen LogP contribution in [0.5, 0.6) is 0 Å². The highest BCUT2D eigenvalue weighted by atomic mass is 16.5. The molecule has 0 radical (unpaired) electrons. The highest BCUT2D eigenvalue weighted by Gasteiger charge is 2.26. The number of benzene rings is 1. The molecule has 1 aromatic carbocycles. The fraction of sp³-hybridized carbons (Fsp3) is 0.556. The molecule has 1 amide bonds. The van der Waals surface area contributed by atoms with Gasteiger partial charge in [-0.3, -0.25) is 9.59 Å². The van der Waals surface area contributed by atoms with E-state index in [0.29, 0.717) is 12.1 Å². The number of hydrogen-bond acceptors (Lipinski definition) is 3. The van der Waals surface area contributed by atoms with E-state index in [4.69, 9.17) is 4.74 Å². The Morgan fingerprint density at radius 1 is 1.09 bits per heavy atom. The molecule has 4 heteroatoms. The Bertz CT molecular complexity index is 478. The van der Waals surface area contributed by atoms with Crippen molar-refractivity contribution in [3.63, 3.8) is 0 Å². The van der Waals surface area contributed by atoms with E-state index in [1.165, 1.54) is 20.0 Å². The fourth-order valence-corrected chi connectivity index (χ4v) is 3.08. The molecule has 22 heavy (non-hydrogen) atoms. The molecular weight excluding hydrogens is 278 g/mol. The molecule has 120 valence electrons. The first-order chi connectivity index (χ1) is 10.7. The van der Waals surface area contributed by atoms with Crippen LogP contribution in [0.25, 0.3) is 0 Å². The molecule has 1 aliphatic rings. The van der Waals surface area contributed by atoms with Gasteiger partial charge in [-0.05, 0) is 25.0 Å². The zero-order valence-corrected chi connectivity index (χ0v) is 13.3. The van der Waals surface area contributed by atoms with Crippen LogP contribution in [0.1, 0.15) is 55.3 Å². The van der Waals surface area contributed by atoms with Crippen LogP contribution in [-0.2, 0) is 9.53 Å². The van der Waals surface area contributed by atoms with Gasteiger partial charge in [0, 0.05) is 18.2 Å². The fourth-order valence-electron chi connectivity index (χ4n) is 3.08. The lowest BCUT2D eigenvalue weighted by Crippen LogP contribution is -2.41. The minimum absolute atomic E-state index is 0.0244. The number of nitrogens with zero attached hydrogens (tertiary/aromatic N) is 1. The van der Waals surface area contributed by atoms with Crippen LogP contribution < -0.4 is 0 Å². The minimum Gasteiger partial charge on any atom is -0.469 e. The Hall–Kier alpha value is -1.84. The third-order valence-corrected chi connectivity index (χ3v) is 4.33. The number of amides is 1. The van der Waals surface area contributed by atoms with Gasteiger partial charge in [0.1, 0.15) is 0 Å². The second-order valence-corrected chi connectivity index (χ2v) is 5.84. The van der Waals surface area contributed by atoms with E-state index < -0.39 is 0 Å². The summed E-state index contributed by atoms with van der Waals surface area (Å²) in [6.07, 6.45) is 7.09. The molecule has 0 bridgehead atoms. The van der Waals surface area contributed by atoms with Crippen molar-refractivity contribution in [3.8, 4) is 0 Å². The van der Waals surface area contributed by atoms with Crippen molar-refractivity contribution in [2.45, 2.75) is 51.0 Å². The Kier molecular flexibility index (Phi) is 6.44. The van der Waals surface area contributed by atoms with Crippen molar-refractivity contribution in [1.82, 2.24) is 4.90 Å². The van der Waals surface area contributed by atoms with E-state index in [0.717, 1.165) is 25.7 Å². The van der Waals surface area contributed by atoms with Gasteiger partial charge < -0.3 is 9.64 Å². The molecule has 4 nitrogen and oxygen atoms in total. The van der Waals surface area contributed by atoms with Gasteiger partial charge in [-0.1, -0.05) is 43.9 Å². The summed E-state index contributed by atoms with van der Waals surface area (Å²) in [5.74, 6) is -0.240. The lowest BCUT2D eigenvalue weighted by atomic mass is 10.0. The maximum atomic E-state index is 12.8. The monoisotopic (exact) mass is 303 g/mol. The Morgan fingerprint density at radius 2 is 1.73 bits per heavy atom. The van der Waals surface area contributed by atoms with Crippen LogP contribution in [0.2, 0.25) is 0 Å². The van der Waals surface area contributed by atoms with Gasteiger partial charge >= 0.3 is 5.97 Å². The normalized spacial score (nSPS) is 15.9. The summed E-state index contributed by atoms with van der Waals surface area (Å²) in [4.78, 5) is 26.2. The van der Waals surface area contributed by atoms with E-state index >= 15 is 0 Å². The minimum atomic E-state index is -0.264. The van der Waals surface area contributed by atoms with E-state index in [9.17, 15) is 9.59 Å². The predicted octanol–water partition coefficient (Wildman–Crippen LogP) is 3.41. The van der Waals surface area contributed by atoms with Gasteiger partial charge in [0.25, 0.3) is 5.91 Å². The smallest absolute Gasteiger partial charge is 0.307 e. The van der Waals surface area contributed by atoms with Gasteiger partial charge in [0.2, 0.25) is 0 Å². The number of carbonyl (C=O) groups is 2. The van der Waals surface area contributed by atoms with Crippen molar-refractivity contribution < 1.29 is 14.3 Å². The zero-order valence-electron chi connectivity index (χ0n) is 13.3. The molecule has 1 aromatic rings. The summed E-state index contributed by atoms with van der Waals surface area (Å²) in [5.41, 5.74) is 0.691. The topological polar surface area (TPSA) is 46.6 Å². The average molecular weight is 303 g/mol. The highest BCUT2D eigenvalue weighted by molar-refractivity contribution is 5.94. The molecule has 0 atom stereocenters. The molecule has 0 aromatic heterocycles. The van der Waals surface area contributed by atoms with E-state index in [1.54, 1.807) is 0 Å². The molecule has 1 aliphatic carbocycles. The van der Waals surface area contributed by atoms with Crippen LogP contribution in [0.3, 0.4) is 0 Å². The maximum Gasteiger partial charge on any atom is 0.307 e. The summed E-state index contributed by atoms with van der Waals surface area (Å²) in [7, 11) is 1.39. The van der Waals surface area contributed by atoms with Gasteiger partial charge in [-0.25, -0.2) is 0 Å². The molecule has 0 heterocycles.